The number of hydrogen-bond acceptors (Lipinski definition) is 4. The summed E-state index contributed by atoms with van der Waals surface area (Å²) in [6.07, 6.45) is 0.823. The van der Waals surface area contributed by atoms with Gasteiger partial charge in [0.1, 0.15) is 0 Å². The lowest BCUT2D eigenvalue weighted by atomic mass is 9.63. The lowest BCUT2D eigenvalue weighted by Crippen LogP contribution is -2.64. The van der Waals surface area contributed by atoms with Crippen LogP contribution >= 0.6 is 0 Å². The number of rotatable bonds is 2. The molecule has 102 valence electrons. The highest BCUT2D eigenvalue weighted by molar-refractivity contribution is 5.95. The zero-order valence-corrected chi connectivity index (χ0v) is 11.1. The first kappa shape index (κ1) is 12.3. The van der Waals surface area contributed by atoms with Crippen LogP contribution in [0.2, 0.25) is 0 Å². The van der Waals surface area contributed by atoms with Gasteiger partial charge in [0.2, 0.25) is 6.79 Å². The Labute approximate surface area is 112 Å². The smallest absolute Gasteiger partial charge is 0.251 e. The summed E-state index contributed by atoms with van der Waals surface area (Å²) in [5.74, 6) is 1.21. The van der Waals surface area contributed by atoms with Gasteiger partial charge in [0.25, 0.3) is 5.91 Å². The fourth-order valence-corrected chi connectivity index (χ4v) is 2.48. The van der Waals surface area contributed by atoms with Crippen molar-refractivity contribution < 1.29 is 14.3 Å². The standard InChI is InChI=1S/C14H18N2O3/c1-14(2)11(15)6-12(14)16-13(17)8-3-4-9-10(5-8)19-7-18-9/h3-5,11-12H,6-7,15H2,1-2H3,(H,16,17). The molecule has 19 heavy (non-hydrogen) atoms. The van der Waals surface area contributed by atoms with Crippen molar-refractivity contribution in [3.8, 4) is 11.5 Å². The molecule has 1 aromatic carbocycles. The summed E-state index contributed by atoms with van der Waals surface area (Å²) in [5.41, 5.74) is 6.48. The maximum absolute atomic E-state index is 12.2. The van der Waals surface area contributed by atoms with E-state index in [1.807, 2.05) is 0 Å². The third-order valence-corrected chi connectivity index (χ3v) is 4.28. The van der Waals surface area contributed by atoms with E-state index in [0.29, 0.717) is 17.1 Å². The van der Waals surface area contributed by atoms with Gasteiger partial charge in [-0.25, -0.2) is 0 Å². The quantitative estimate of drug-likeness (QED) is 0.841. The molecule has 3 N–H and O–H groups in total. The second-order valence-corrected chi connectivity index (χ2v) is 5.76. The molecule has 1 aliphatic heterocycles. The molecular formula is C14H18N2O3. The number of hydrogen-bond donors (Lipinski definition) is 2. The average molecular weight is 262 g/mol. The van der Waals surface area contributed by atoms with E-state index in [0.717, 1.165) is 6.42 Å². The van der Waals surface area contributed by atoms with Gasteiger partial charge >= 0.3 is 0 Å². The van der Waals surface area contributed by atoms with E-state index in [4.69, 9.17) is 15.2 Å². The van der Waals surface area contributed by atoms with Gasteiger partial charge in [-0.2, -0.15) is 0 Å². The van der Waals surface area contributed by atoms with Gasteiger partial charge in [0, 0.05) is 23.1 Å². The summed E-state index contributed by atoms with van der Waals surface area (Å²) in [5, 5.41) is 3.03. The number of carbonyl (C=O) groups excluding carboxylic acids is 1. The van der Waals surface area contributed by atoms with Crippen LogP contribution in [0.25, 0.3) is 0 Å². The lowest BCUT2D eigenvalue weighted by molar-refractivity contribution is 0.0586. The van der Waals surface area contributed by atoms with Gasteiger partial charge in [-0.15, -0.1) is 0 Å². The summed E-state index contributed by atoms with van der Waals surface area (Å²) in [7, 11) is 0. The molecule has 1 aromatic rings. The van der Waals surface area contributed by atoms with Gasteiger partial charge in [0.15, 0.2) is 11.5 Å². The van der Waals surface area contributed by atoms with Gasteiger partial charge in [0.05, 0.1) is 0 Å². The minimum absolute atomic E-state index is 0.0496. The van der Waals surface area contributed by atoms with Crippen molar-refractivity contribution in [2.75, 3.05) is 6.79 Å². The van der Waals surface area contributed by atoms with Crippen molar-refractivity contribution in [3.05, 3.63) is 23.8 Å². The van der Waals surface area contributed by atoms with Crippen LogP contribution in [0.3, 0.4) is 0 Å². The number of ether oxygens (including phenoxy) is 2. The second kappa shape index (κ2) is 4.13. The molecular weight excluding hydrogens is 244 g/mol. The number of amides is 1. The molecule has 0 bridgehead atoms. The lowest BCUT2D eigenvalue weighted by Gasteiger charge is -2.50. The molecule has 0 spiro atoms. The summed E-state index contributed by atoms with van der Waals surface area (Å²) >= 11 is 0. The van der Waals surface area contributed by atoms with Crippen LogP contribution in [-0.4, -0.2) is 24.8 Å². The molecule has 0 aromatic heterocycles. The number of carbonyl (C=O) groups is 1. The molecule has 5 nitrogen and oxygen atoms in total. The summed E-state index contributed by atoms with van der Waals surface area (Å²) in [6, 6.07) is 5.49. The van der Waals surface area contributed by atoms with E-state index >= 15 is 0 Å². The third kappa shape index (κ3) is 1.94. The first-order valence-corrected chi connectivity index (χ1v) is 6.44. The highest BCUT2D eigenvalue weighted by atomic mass is 16.7. The molecule has 2 atom stereocenters. The monoisotopic (exact) mass is 262 g/mol. The first-order valence-electron chi connectivity index (χ1n) is 6.44. The van der Waals surface area contributed by atoms with Crippen molar-refractivity contribution in [2.45, 2.75) is 32.4 Å². The average Bonchev–Trinajstić information content (AvgIpc) is 2.85. The third-order valence-electron chi connectivity index (χ3n) is 4.28. The van der Waals surface area contributed by atoms with Gasteiger partial charge in [-0.3, -0.25) is 4.79 Å². The van der Waals surface area contributed by atoms with Crippen LogP contribution in [0, 0.1) is 5.41 Å². The number of nitrogens with two attached hydrogens (primary N) is 1. The number of benzene rings is 1. The molecule has 1 amide bonds. The Kier molecular flexibility index (Phi) is 2.67. The topological polar surface area (TPSA) is 73.6 Å². The molecule has 0 saturated heterocycles. The molecule has 2 unspecified atom stereocenters. The molecule has 0 radical (unpaired) electrons. The Morgan fingerprint density at radius 2 is 2.11 bits per heavy atom. The van der Waals surface area contributed by atoms with Crippen LogP contribution in [0.5, 0.6) is 11.5 Å². The van der Waals surface area contributed by atoms with E-state index < -0.39 is 0 Å². The van der Waals surface area contributed by atoms with Crippen LogP contribution in [0.1, 0.15) is 30.6 Å². The molecule has 1 heterocycles. The summed E-state index contributed by atoms with van der Waals surface area (Å²) in [4.78, 5) is 12.2. The van der Waals surface area contributed by atoms with Crippen molar-refractivity contribution in [1.29, 1.82) is 0 Å². The van der Waals surface area contributed by atoms with E-state index in [1.165, 1.54) is 0 Å². The van der Waals surface area contributed by atoms with Crippen LogP contribution in [-0.2, 0) is 0 Å². The van der Waals surface area contributed by atoms with Gasteiger partial charge in [-0.05, 0) is 24.6 Å². The fourth-order valence-electron chi connectivity index (χ4n) is 2.48. The Balaban J connectivity index is 1.71. The van der Waals surface area contributed by atoms with Crippen molar-refractivity contribution >= 4 is 5.91 Å². The van der Waals surface area contributed by atoms with Gasteiger partial charge in [-0.1, -0.05) is 13.8 Å². The predicted molar refractivity (Wildman–Crippen MR) is 70.2 cm³/mol. The largest absolute Gasteiger partial charge is 0.454 e. The van der Waals surface area contributed by atoms with E-state index in [9.17, 15) is 4.79 Å². The Hall–Kier alpha value is -1.75. The zero-order chi connectivity index (χ0) is 13.6. The Morgan fingerprint density at radius 1 is 1.37 bits per heavy atom. The van der Waals surface area contributed by atoms with Crippen molar-refractivity contribution in [2.24, 2.45) is 11.1 Å². The van der Waals surface area contributed by atoms with E-state index in [1.54, 1.807) is 18.2 Å². The molecule has 1 saturated carbocycles. The second-order valence-electron chi connectivity index (χ2n) is 5.76. The SMILES string of the molecule is CC1(C)C(N)CC1NC(=O)c1ccc2c(c1)OCO2. The van der Waals surface area contributed by atoms with Crippen LogP contribution in [0.4, 0.5) is 0 Å². The maximum atomic E-state index is 12.2. The van der Waals surface area contributed by atoms with Gasteiger partial charge < -0.3 is 20.5 Å². The summed E-state index contributed by atoms with van der Waals surface area (Å²) in [6.45, 7) is 4.36. The highest BCUT2D eigenvalue weighted by Gasteiger charge is 2.46. The normalized spacial score (nSPS) is 26.7. The predicted octanol–water partition coefficient (Wildman–Crippen LogP) is 1.27. The molecule has 3 rings (SSSR count). The molecule has 1 fully saturated rings. The highest BCUT2D eigenvalue weighted by Crippen LogP contribution is 2.39. The summed E-state index contributed by atoms with van der Waals surface area (Å²) < 4.78 is 10.5. The molecule has 5 heteroatoms. The Bertz CT molecular complexity index is 527. The number of fused-ring (bicyclic) bond motifs is 1. The van der Waals surface area contributed by atoms with Crippen LogP contribution < -0.4 is 20.5 Å². The molecule has 1 aliphatic carbocycles. The Morgan fingerprint density at radius 3 is 2.79 bits per heavy atom. The van der Waals surface area contributed by atoms with E-state index in [-0.39, 0.29) is 30.2 Å². The minimum atomic E-state index is -0.0942. The minimum Gasteiger partial charge on any atom is -0.454 e. The maximum Gasteiger partial charge on any atom is 0.251 e. The zero-order valence-electron chi connectivity index (χ0n) is 11.1. The van der Waals surface area contributed by atoms with Crippen LogP contribution in [0.15, 0.2) is 18.2 Å². The van der Waals surface area contributed by atoms with Crippen molar-refractivity contribution in [3.63, 3.8) is 0 Å². The van der Waals surface area contributed by atoms with Crippen molar-refractivity contribution in [1.82, 2.24) is 5.32 Å². The first-order chi connectivity index (χ1) is 8.98. The molecule has 2 aliphatic rings. The fraction of sp³-hybridized carbons (Fsp3) is 0.500. The van der Waals surface area contributed by atoms with E-state index in [2.05, 4.69) is 19.2 Å². The number of nitrogens with one attached hydrogen (secondary N) is 1.